The zero-order valence-corrected chi connectivity index (χ0v) is 10.7. The molecule has 18 heavy (non-hydrogen) atoms. The van der Waals surface area contributed by atoms with Crippen molar-refractivity contribution >= 4 is 0 Å². The molecule has 1 aromatic carbocycles. The summed E-state index contributed by atoms with van der Waals surface area (Å²) >= 11 is 0. The number of phenolic OH excluding ortho intramolecular Hbond substituents is 1. The molecule has 0 aliphatic heterocycles. The van der Waals surface area contributed by atoms with Crippen LogP contribution in [0, 0.1) is 0 Å². The second-order valence-electron chi connectivity index (χ2n) is 5.15. The number of benzene rings is 1. The van der Waals surface area contributed by atoms with Crippen molar-refractivity contribution in [2.75, 3.05) is 0 Å². The quantitative estimate of drug-likeness (QED) is 0.901. The molecule has 4 nitrogen and oxygen atoms in total. The maximum absolute atomic E-state index is 9.30. The third kappa shape index (κ3) is 1.98. The van der Waals surface area contributed by atoms with Crippen LogP contribution < -0.4 is 0 Å². The molecule has 0 spiro atoms. The molecule has 0 saturated heterocycles. The number of hydrogen-bond donors (Lipinski definition) is 1. The molecule has 1 aromatic heterocycles. The largest absolute Gasteiger partial charge is 0.508 e. The fourth-order valence-corrected chi connectivity index (χ4v) is 2.07. The Bertz CT molecular complexity index is 533. The molecule has 1 heterocycles. The minimum absolute atomic E-state index is 0.268. The van der Waals surface area contributed by atoms with Crippen LogP contribution in [0.15, 0.2) is 24.3 Å². The summed E-state index contributed by atoms with van der Waals surface area (Å²) in [5.41, 5.74) is 0.953. The Balaban J connectivity index is 2.02. The van der Waals surface area contributed by atoms with Gasteiger partial charge in [0.05, 0.1) is 0 Å². The summed E-state index contributed by atoms with van der Waals surface area (Å²) in [5.74, 6) is 2.72. The lowest BCUT2D eigenvalue weighted by molar-refractivity contribution is 0.475. The van der Waals surface area contributed by atoms with Crippen molar-refractivity contribution in [2.45, 2.75) is 38.6 Å². The fourth-order valence-electron chi connectivity index (χ4n) is 2.07. The van der Waals surface area contributed by atoms with Crippen LogP contribution in [0.4, 0.5) is 0 Å². The van der Waals surface area contributed by atoms with Crippen LogP contribution in [0.1, 0.15) is 44.5 Å². The molecule has 0 unspecified atom stereocenters. The first-order valence-electron chi connectivity index (χ1n) is 6.41. The zero-order chi connectivity index (χ0) is 12.7. The molecule has 4 heteroatoms. The number of aromatic nitrogens is 3. The number of rotatable bonds is 3. The average molecular weight is 243 g/mol. The predicted octanol–water partition coefficient (Wildman–Crippen LogP) is 3.11. The molecule has 0 amide bonds. The Hall–Kier alpha value is -1.84. The third-order valence-electron chi connectivity index (χ3n) is 3.21. The number of phenols is 1. The van der Waals surface area contributed by atoms with Gasteiger partial charge in [-0.15, -0.1) is 0 Å². The molecule has 1 fully saturated rings. The van der Waals surface area contributed by atoms with Gasteiger partial charge < -0.3 is 5.11 Å². The van der Waals surface area contributed by atoms with E-state index >= 15 is 0 Å². The van der Waals surface area contributed by atoms with Crippen molar-refractivity contribution in [2.24, 2.45) is 0 Å². The molecule has 0 bridgehead atoms. The van der Waals surface area contributed by atoms with E-state index in [1.54, 1.807) is 12.1 Å². The summed E-state index contributed by atoms with van der Waals surface area (Å²) in [4.78, 5) is 4.66. The van der Waals surface area contributed by atoms with E-state index in [0.717, 1.165) is 17.2 Å². The van der Waals surface area contributed by atoms with Crippen LogP contribution in [0.2, 0.25) is 0 Å². The molecule has 1 aliphatic carbocycles. The van der Waals surface area contributed by atoms with Crippen molar-refractivity contribution in [3.05, 3.63) is 30.1 Å². The van der Waals surface area contributed by atoms with E-state index in [1.807, 2.05) is 16.8 Å². The van der Waals surface area contributed by atoms with E-state index in [9.17, 15) is 5.11 Å². The van der Waals surface area contributed by atoms with Crippen molar-refractivity contribution in [1.29, 1.82) is 0 Å². The first-order valence-corrected chi connectivity index (χ1v) is 6.41. The molecule has 0 radical (unpaired) electrons. The van der Waals surface area contributed by atoms with Crippen LogP contribution in [0.3, 0.4) is 0 Å². The molecule has 1 N–H and O–H groups in total. The number of nitrogens with zero attached hydrogens (tertiary/aromatic N) is 3. The average Bonchev–Trinajstić information content (AvgIpc) is 3.09. The summed E-state index contributed by atoms with van der Waals surface area (Å²) in [7, 11) is 0. The summed E-state index contributed by atoms with van der Waals surface area (Å²) in [5, 5.41) is 13.9. The SMILES string of the molecule is CC(C)n1nc(-c2ccc(O)cc2)nc1C1CC1. The molecule has 2 aromatic rings. The summed E-state index contributed by atoms with van der Waals surface area (Å²) in [6, 6.07) is 7.38. The van der Waals surface area contributed by atoms with E-state index in [2.05, 4.69) is 23.9 Å². The van der Waals surface area contributed by atoms with E-state index in [1.165, 1.54) is 12.8 Å². The van der Waals surface area contributed by atoms with E-state index in [0.29, 0.717) is 12.0 Å². The van der Waals surface area contributed by atoms with Crippen molar-refractivity contribution in [3.63, 3.8) is 0 Å². The van der Waals surface area contributed by atoms with Crippen LogP contribution in [0.5, 0.6) is 5.75 Å². The molecule has 1 aliphatic rings. The minimum atomic E-state index is 0.268. The van der Waals surface area contributed by atoms with Crippen molar-refractivity contribution < 1.29 is 5.11 Å². The van der Waals surface area contributed by atoms with Crippen LogP contribution in [-0.2, 0) is 0 Å². The Morgan fingerprint density at radius 1 is 1.22 bits per heavy atom. The monoisotopic (exact) mass is 243 g/mol. The lowest BCUT2D eigenvalue weighted by Gasteiger charge is -2.07. The van der Waals surface area contributed by atoms with Gasteiger partial charge in [0.15, 0.2) is 5.82 Å². The van der Waals surface area contributed by atoms with Crippen LogP contribution in [-0.4, -0.2) is 19.9 Å². The molecule has 0 atom stereocenters. The summed E-state index contributed by atoms with van der Waals surface area (Å²) < 4.78 is 2.03. The summed E-state index contributed by atoms with van der Waals surface area (Å²) in [6.07, 6.45) is 2.45. The van der Waals surface area contributed by atoms with Gasteiger partial charge in [0.1, 0.15) is 11.6 Å². The Kier molecular flexibility index (Phi) is 2.58. The predicted molar refractivity (Wildman–Crippen MR) is 69.5 cm³/mol. The highest BCUT2D eigenvalue weighted by Gasteiger charge is 2.30. The molecular weight excluding hydrogens is 226 g/mol. The third-order valence-corrected chi connectivity index (χ3v) is 3.21. The second-order valence-corrected chi connectivity index (χ2v) is 5.15. The highest BCUT2D eigenvalue weighted by atomic mass is 16.3. The summed E-state index contributed by atoms with van der Waals surface area (Å²) in [6.45, 7) is 4.25. The Morgan fingerprint density at radius 2 is 1.89 bits per heavy atom. The molecule has 94 valence electrons. The Morgan fingerprint density at radius 3 is 2.44 bits per heavy atom. The van der Waals surface area contributed by atoms with E-state index < -0.39 is 0 Å². The van der Waals surface area contributed by atoms with Crippen LogP contribution in [0.25, 0.3) is 11.4 Å². The van der Waals surface area contributed by atoms with Gasteiger partial charge in [0, 0.05) is 17.5 Å². The molecule has 3 rings (SSSR count). The van der Waals surface area contributed by atoms with Gasteiger partial charge in [-0.3, -0.25) is 0 Å². The van der Waals surface area contributed by atoms with Gasteiger partial charge in [-0.05, 0) is 51.0 Å². The van der Waals surface area contributed by atoms with Gasteiger partial charge >= 0.3 is 0 Å². The molecular formula is C14H17N3O. The first-order chi connectivity index (χ1) is 8.65. The second kappa shape index (κ2) is 4.12. The fraction of sp³-hybridized carbons (Fsp3) is 0.429. The maximum atomic E-state index is 9.30. The highest BCUT2D eigenvalue weighted by molar-refractivity contribution is 5.55. The minimum Gasteiger partial charge on any atom is -0.508 e. The van der Waals surface area contributed by atoms with Gasteiger partial charge in [0.2, 0.25) is 0 Å². The first kappa shape index (κ1) is 11.3. The van der Waals surface area contributed by atoms with Crippen molar-refractivity contribution in [3.8, 4) is 17.1 Å². The lowest BCUT2D eigenvalue weighted by Crippen LogP contribution is -2.07. The van der Waals surface area contributed by atoms with Crippen molar-refractivity contribution in [1.82, 2.24) is 14.8 Å². The number of aromatic hydroxyl groups is 1. The van der Waals surface area contributed by atoms with Gasteiger partial charge in [-0.2, -0.15) is 5.10 Å². The number of hydrogen-bond acceptors (Lipinski definition) is 3. The normalized spacial score (nSPS) is 15.3. The highest BCUT2D eigenvalue weighted by Crippen LogP contribution is 2.40. The van der Waals surface area contributed by atoms with E-state index in [-0.39, 0.29) is 5.75 Å². The standard InChI is InChI=1S/C14H17N3O/c1-9(2)17-14(11-3-4-11)15-13(16-17)10-5-7-12(18)8-6-10/h5-9,11,18H,3-4H2,1-2H3. The topological polar surface area (TPSA) is 50.9 Å². The van der Waals surface area contributed by atoms with Gasteiger partial charge in [0.25, 0.3) is 0 Å². The van der Waals surface area contributed by atoms with E-state index in [4.69, 9.17) is 0 Å². The van der Waals surface area contributed by atoms with Crippen LogP contribution >= 0.6 is 0 Å². The Labute approximate surface area is 106 Å². The smallest absolute Gasteiger partial charge is 0.181 e. The van der Waals surface area contributed by atoms with Gasteiger partial charge in [-0.1, -0.05) is 0 Å². The maximum Gasteiger partial charge on any atom is 0.181 e. The lowest BCUT2D eigenvalue weighted by atomic mass is 10.2. The van der Waals surface area contributed by atoms with Gasteiger partial charge in [-0.25, -0.2) is 9.67 Å². The zero-order valence-electron chi connectivity index (χ0n) is 10.7. The molecule has 1 saturated carbocycles.